The smallest absolute Gasteiger partial charge is 0.277 e. The van der Waals surface area contributed by atoms with Crippen LogP contribution in [0.3, 0.4) is 0 Å². The molecule has 0 fully saturated rings. The van der Waals surface area contributed by atoms with Gasteiger partial charge >= 0.3 is 0 Å². The number of amides is 1. The van der Waals surface area contributed by atoms with Gasteiger partial charge in [0.25, 0.3) is 5.91 Å². The van der Waals surface area contributed by atoms with E-state index < -0.39 is 0 Å². The van der Waals surface area contributed by atoms with E-state index in [0.29, 0.717) is 10.8 Å². The van der Waals surface area contributed by atoms with Crippen LogP contribution in [0, 0.1) is 13.8 Å². The van der Waals surface area contributed by atoms with Crippen molar-refractivity contribution in [3.63, 3.8) is 0 Å². The summed E-state index contributed by atoms with van der Waals surface area (Å²) in [5.74, 6) is 0.224. The molecule has 2 heterocycles. The van der Waals surface area contributed by atoms with Crippen LogP contribution in [0.4, 0.5) is 0 Å². The monoisotopic (exact) mass is 362 g/mol. The molecule has 6 nitrogen and oxygen atoms in total. The average molecular weight is 363 g/mol. The van der Waals surface area contributed by atoms with Crippen LogP contribution in [0.2, 0.25) is 5.02 Å². The minimum atomic E-state index is -0.346. The highest BCUT2D eigenvalue weighted by molar-refractivity contribution is 7.15. The maximum absolute atomic E-state index is 11.8. The van der Waals surface area contributed by atoms with E-state index in [2.05, 4.69) is 15.5 Å². The number of aromatic nitrogens is 2. The van der Waals surface area contributed by atoms with Crippen LogP contribution in [0.5, 0.6) is 5.75 Å². The predicted octanol–water partition coefficient (Wildman–Crippen LogP) is 3.20. The van der Waals surface area contributed by atoms with Crippen molar-refractivity contribution in [3.05, 3.63) is 51.7 Å². The average Bonchev–Trinajstić information content (AvgIpc) is 3.07. The Hall–Kier alpha value is -2.38. The number of hydrazone groups is 1. The van der Waals surface area contributed by atoms with Crippen molar-refractivity contribution in [3.8, 4) is 5.75 Å². The first-order valence-corrected chi connectivity index (χ1v) is 8.44. The van der Waals surface area contributed by atoms with Crippen molar-refractivity contribution in [2.24, 2.45) is 5.10 Å². The molecule has 1 amide bonds. The molecule has 124 valence electrons. The van der Waals surface area contributed by atoms with Crippen molar-refractivity contribution in [2.75, 3.05) is 6.61 Å². The van der Waals surface area contributed by atoms with E-state index in [4.69, 9.17) is 16.3 Å². The lowest BCUT2D eigenvalue weighted by atomic mass is 10.3. The number of imidazole rings is 1. The lowest BCUT2D eigenvalue weighted by Crippen LogP contribution is -2.24. The first-order valence-electron chi connectivity index (χ1n) is 7.18. The highest BCUT2D eigenvalue weighted by atomic mass is 35.5. The van der Waals surface area contributed by atoms with Gasteiger partial charge in [-0.2, -0.15) is 5.10 Å². The lowest BCUT2D eigenvalue weighted by molar-refractivity contribution is -0.123. The fourth-order valence-corrected chi connectivity index (χ4v) is 3.20. The third-order valence-corrected chi connectivity index (χ3v) is 4.51. The van der Waals surface area contributed by atoms with Crippen molar-refractivity contribution in [1.29, 1.82) is 0 Å². The minimum absolute atomic E-state index is 0.128. The number of benzene rings is 1. The molecule has 1 aromatic carbocycles. The summed E-state index contributed by atoms with van der Waals surface area (Å²) in [4.78, 5) is 17.1. The lowest BCUT2D eigenvalue weighted by Gasteiger charge is -2.04. The van der Waals surface area contributed by atoms with Crippen molar-refractivity contribution < 1.29 is 9.53 Å². The Balaban J connectivity index is 1.59. The Bertz CT molecular complexity index is 899. The summed E-state index contributed by atoms with van der Waals surface area (Å²) in [6, 6.07) is 6.79. The van der Waals surface area contributed by atoms with E-state index in [1.165, 1.54) is 0 Å². The van der Waals surface area contributed by atoms with Gasteiger partial charge in [0.2, 0.25) is 0 Å². The van der Waals surface area contributed by atoms with Gasteiger partial charge in [-0.15, -0.1) is 11.3 Å². The molecule has 0 aliphatic rings. The molecule has 0 saturated heterocycles. The molecular formula is C16H15ClN4O2S. The second kappa shape index (κ2) is 7.02. The largest absolute Gasteiger partial charge is 0.484 e. The topological polar surface area (TPSA) is 68.0 Å². The Kier molecular flexibility index (Phi) is 4.82. The van der Waals surface area contributed by atoms with Crippen LogP contribution < -0.4 is 10.2 Å². The van der Waals surface area contributed by atoms with Crippen LogP contribution in [-0.4, -0.2) is 28.1 Å². The first kappa shape index (κ1) is 16.5. The van der Waals surface area contributed by atoms with E-state index in [-0.39, 0.29) is 12.5 Å². The second-order valence-corrected chi connectivity index (χ2v) is 6.39. The second-order valence-electron chi connectivity index (χ2n) is 5.11. The number of carbonyl (C=O) groups excluding carboxylic acids is 1. The van der Waals surface area contributed by atoms with Crippen LogP contribution in [-0.2, 0) is 4.79 Å². The number of ether oxygens (including phenoxy) is 1. The van der Waals surface area contributed by atoms with Crippen molar-refractivity contribution in [1.82, 2.24) is 14.8 Å². The van der Waals surface area contributed by atoms with E-state index >= 15 is 0 Å². The zero-order chi connectivity index (χ0) is 17.1. The zero-order valence-electron chi connectivity index (χ0n) is 13.1. The molecule has 24 heavy (non-hydrogen) atoms. The quantitative estimate of drug-likeness (QED) is 0.559. The van der Waals surface area contributed by atoms with Gasteiger partial charge in [0, 0.05) is 16.1 Å². The van der Waals surface area contributed by atoms with E-state index in [1.54, 1.807) is 41.8 Å². The number of nitrogens with one attached hydrogen (secondary N) is 1. The highest BCUT2D eigenvalue weighted by Gasteiger charge is 2.10. The van der Waals surface area contributed by atoms with Crippen LogP contribution in [0.1, 0.15) is 17.1 Å². The number of nitrogens with zero attached hydrogens (tertiary/aromatic N) is 3. The predicted molar refractivity (Wildman–Crippen MR) is 95.2 cm³/mol. The van der Waals surface area contributed by atoms with Gasteiger partial charge in [0.1, 0.15) is 5.75 Å². The summed E-state index contributed by atoms with van der Waals surface area (Å²) in [6.07, 6.45) is 1.59. The fourth-order valence-electron chi connectivity index (χ4n) is 2.15. The van der Waals surface area contributed by atoms with Gasteiger partial charge in [0.05, 0.1) is 17.6 Å². The number of aryl methyl sites for hydroxylation is 2. The molecule has 0 saturated carbocycles. The molecular weight excluding hydrogens is 348 g/mol. The molecule has 0 aliphatic heterocycles. The number of halogens is 1. The summed E-state index contributed by atoms with van der Waals surface area (Å²) >= 11 is 7.36. The number of carbonyl (C=O) groups is 1. The van der Waals surface area contributed by atoms with Gasteiger partial charge in [-0.3, -0.25) is 9.20 Å². The number of rotatable bonds is 5. The standard InChI is InChI=1S/C16H15ClN4O2S/c1-10-9-24-16-19-11(2)14(21(10)16)7-18-20-15(22)8-23-13-5-3-12(17)4-6-13/h3-7,9H,8H2,1-2H3,(H,20,22)/b18-7+. The normalized spacial score (nSPS) is 11.3. The van der Waals surface area contributed by atoms with Gasteiger partial charge in [0.15, 0.2) is 11.6 Å². The van der Waals surface area contributed by atoms with Gasteiger partial charge in [-0.05, 0) is 38.1 Å². The Morgan fingerprint density at radius 2 is 2.17 bits per heavy atom. The Morgan fingerprint density at radius 1 is 1.42 bits per heavy atom. The number of hydrogen-bond donors (Lipinski definition) is 1. The molecule has 0 aliphatic carbocycles. The van der Waals surface area contributed by atoms with E-state index in [1.807, 2.05) is 23.6 Å². The molecule has 3 aromatic rings. The minimum Gasteiger partial charge on any atom is -0.484 e. The maximum Gasteiger partial charge on any atom is 0.277 e. The molecule has 0 spiro atoms. The van der Waals surface area contributed by atoms with Crippen molar-refractivity contribution >= 4 is 40.0 Å². The summed E-state index contributed by atoms with van der Waals surface area (Å²) in [6.45, 7) is 3.78. The molecule has 1 N–H and O–H groups in total. The molecule has 2 aromatic heterocycles. The summed E-state index contributed by atoms with van der Waals surface area (Å²) in [7, 11) is 0. The third-order valence-electron chi connectivity index (χ3n) is 3.31. The molecule has 3 rings (SSSR count). The number of hydrogen-bond acceptors (Lipinski definition) is 5. The maximum atomic E-state index is 11.8. The molecule has 8 heteroatoms. The van der Waals surface area contributed by atoms with E-state index in [0.717, 1.165) is 22.0 Å². The fraction of sp³-hybridized carbons (Fsp3) is 0.188. The summed E-state index contributed by atoms with van der Waals surface area (Å²) in [5, 5.41) is 6.63. The number of thiazole rings is 1. The SMILES string of the molecule is Cc1nc2scc(C)n2c1/C=N/NC(=O)COc1ccc(Cl)cc1. The Morgan fingerprint density at radius 3 is 2.92 bits per heavy atom. The number of fused-ring (bicyclic) bond motifs is 1. The molecule has 0 bridgehead atoms. The van der Waals surface area contributed by atoms with Crippen LogP contribution in [0.25, 0.3) is 4.96 Å². The third kappa shape index (κ3) is 3.58. The van der Waals surface area contributed by atoms with E-state index in [9.17, 15) is 4.79 Å². The first-order chi connectivity index (χ1) is 11.5. The van der Waals surface area contributed by atoms with Crippen molar-refractivity contribution in [2.45, 2.75) is 13.8 Å². The Labute approximate surface area is 147 Å². The van der Waals surface area contributed by atoms with Gasteiger partial charge < -0.3 is 4.74 Å². The molecule has 0 radical (unpaired) electrons. The van der Waals surface area contributed by atoms with Gasteiger partial charge in [-0.1, -0.05) is 11.6 Å². The van der Waals surface area contributed by atoms with Crippen LogP contribution in [0.15, 0.2) is 34.7 Å². The summed E-state index contributed by atoms with van der Waals surface area (Å²) in [5.41, 5.74) is 5.24. The molecule has 0 unspecified atom stereocenters. The summed E-state index contributed by atoms with van der Waals surface area (Å²) < 4.78 is 7.35. The zero-order valence-corrected chi connectivity index (χ0v) is 14.7. The van der Waals surface area contributed by atoms with Crippen LogP contribution >= 0.6 is 22.9 Å². The highest BCUT2D eigenvalue weighted by Crippen LogP contribution is 2.19. The van der Waals surface area contributed by atoms with Gasteiger partial charge in [-0.25, -0.2) is 10.4 Å². The molecule has 0 atom stereocenters.